The zero-order chi connectivity index (χ0) is 16.0. The van der Waals surface area contributed by atoms with E-state index in [1.165, 1.54) is 0 Å². The molecule has 1 aromatic rings. The van der Waals surface area contributed by atoms with Gasteiger partial charge in [0.2, 0.25) is 11.9 Å². The van der Waals surface area contributed by atoms with Crippen LogP contribution in [-0.2, 0) is 4.79 Å². The molecule has 4 N–H and O–H groups in total. The van der Waals surface area contributed by atoms with Gasteiger partial charge in [-0.3, -0.25) is 4.79 Å². The molecular formula is C15H26Cl2N6O. The number of amides is 1. The third-order valence-corrected chi connectivity index (χ3v) is 4.48. The monoisotopic (exact) mass is 376 g/mol. The van der Waals surface area contributed by atoms with Gasteiger partial charge in [0, 0.05) is 19.1 Å². The molecule has 0 bridgehead atoms. The van der Waals surface area contributed by atoms with E-state index in [2.05, 4.69) is 20.6 Å². The molecule has 2 aliphatic rings. The summed E-state index contributed by atoms with van der Waals surface area (Å²) in [6.45, 7) is 5.96. The van der Waals surface area contributed by atoms with Gasteiger partial charge in [0.05, 0.1) is 5.69 Å². The Hall–Kier alpha value is -1.31. The minimum atomic E-state index is -0.216. The Balaban J connectivity index is 0.00000144. The van der Waals surface area contributed by atoms with Crippen LogP contribution in [0.15, 0.2) is 0 Å². The van der Waals surface area contributed by atoms with Gasteiger partial charge in [-0.2, -0.15) is 4.98 Å². The van der Waals surface area contributed by atoms with Gasteiger partial charge >= 0.3 is 0 Å². The van der Waals surface area contributed by atoms with Gasteiger partial charge in [0.25, 0.3) is 0 Å². The fourth-order valence-electron chi connectivity index (χ4n) is 3.24. The molecule has 2 heterocycles. The molecule has 0 saturated heterocycles. The van der Waals surface area contributed by atoms with Crippen LogP contribution in [0.25, 0.3) is 0 Å². The first kappa shape index (κ1) is 20.7. The van der Waals surface area contributed by atoms with Crippen molar-refractivity contribution in [1.82, 2.24) is 9.97 Å². The number of fused-ring (bicyclic) bond motifs is 1. The number of aromatic nitrogens is 2. The summed E-state index contributed by atoms with van der Waals surface area (Å²) in [4.78, 5) is 23.3. The summed E-state index contributed by atoms with van der Waals surface area (Å²) in [5.41, 5.74) is 7.30. The Morgan fingerprint density at radius 2 is 1.92 bits per heavy atom. The number of nitrogens with two attached hydrogens (primary N) is 1. The molecule has 1 aliphatic heterocycles. The molecule has 7 nitrogen and oxygen atoms in total. The third kappa shape index (κ3) is 3.68. The lowest BCUT2D eigenvalue weighted by molar-refractivity contribution is -0.118. The topological polar surface area (TPSA) is 96.2 Å². The minimum absolute atomic E-state index is 0. The normalized spacial score (nSPS) is 25.0. The predicted octanol–water partition coefficient (Wildman–Crippen LogP) is 1.94. The fourth-order valence-corrected chi connectivity index (χ4v) is 3.24. The van der Waals surface area contributed by atoms with Gasteiger partial charge in [-0.15, -0.1) is 24.8 Å². The molecule has 1 saturated carbocycles. The summed E-state index contributed by atoms with van der Waals surface area (Å²) in [6.07, 6.45) is 1.89. The van der Waals surface area contributed by atoms with Gasteiger partial charge in [0.15, 0.2) is 5.82 Å². The Labute approximate surface area is 155 Å². The molecule has 0 spiro atoms. The van der Waals surface area contributed by atoms with Crippen LogP contribution < -0.4 is 21.3 Å². The first-order valence-electron chi connectivity index (χ1n) is 7.81. The van der Waals surface area contributed by atoms with Gasteiger partial charge in [-0.25, -0.2) is 4.98 Å². The molecule has 3 rings (SSSR count). The molecule has 24 heavy (non-hydrogen) atoms. The van der Waals surface area contributed by atoms with Gasteiger partial charge in [0.1, 0.15) is 11.7 Å². The van der Waals surface area contributed by atoms with E-state index in [1.807, 2.05) is 32.7 Å². The van der Waals surface area contributed by atoms with Crippen LogP contribution >= 0.6 is 24.8 Å². The van der Waals surface area contributed by atoms with Crippen molar-refractivity contribution in [3.63, 3.8) is 0 Å². The third-order valence-electron chi connectivity index (χ3n) is 4.48. The molecule has 0 radical (unpaired) electrons. The SMILES string of the molecule is Cc1nc(N[C@H]2C[C@@H](N)C2)nc2c1NC(=O)C(C(C)C)N2C.Cl.Cl. The molecule has 1 aromatic heterocycles. The molecule has 1 unspecified atom stereocenters. The summed E-state index contributed by atoms with van der Waals surface area (Å²) < 4.78 is 0. The summed E-state index contributed by atoms with van der Waals surface area (Å²) in [6, 6.07) is 0.409. The average Bonchev–Trinajstić information content (AvgIpc) is 2.38. The molecule has 1 atom stereocenters. The van der Waals surface area contributed by atoms with Crippen LogP contribution in [-0.4, -0.2) is 41.0 Å². The van der Waals surface area contributed by atoms with E-state index in [-0.39, 0.29) is 48.7 Å². The fraction of sp³-hybridized carbons (Fsp3) is 0.667. The van der Waals surface area contributed by atoms with Crippen molar-refractivity contribution in [2.75, 3.05) is 22.6 Å². The first-order chi connectivity index (χ1) is 10.4. The zero-order valence-corrected chi connectivity index (χ0v) is 16.0. The van der Waals surface area contributed by atoms with Crippen molar-refractivity contribution >= 4 is 48.2 Å². The number of halogens is 2. The molecule has 0 aromatic carbocycles. The molecule has 9 heteroatoms. The van der Waals surface area contributed by atoms with E-state index in [4.69, 9.17) is 5.73 Å². The molecule has 1 fully saturated rings. The first-order valence-corrected chi connectivity index (χ1v) is 7.81. The van der Waals surface area contributed by atoms with E-state index in [0.29, 0.717) is 17.7 Å². The highest BCUT2D eigenvalue weighted by Gasteiger charge is 2.35. The summed E-state index contributed by atoms with van der Waals surface area (Å²) >= 11 is 0. The predicted molar refractivity (Wildman–Crippen MR) is 102 cm³/mol. The average molecular weight is 377 g/mol. The highest BCUT2D eigenvalue weighted by atomic mass is 35.5. The molecule has 1 aliphatic carbocycles. The largest absolute Gasteiger partial charge is 0.351 e. The van der Waals surface area contributed by atoms with E-state index in [0.717, 1.165) is 24.4 Å². The number of carbonyl (C=O) groups is 1. The number of carbonyl (C=O) groups excluding carboxylic acids is 1. The van der Waals surface area contributed by atoms with Gasteiger partial charge in [-0.1, -0.05) is 13.8 Å². The quantitative estimate of drug-likeness (QED) is 0.745. The lowest BCUT2D eigenvalue weighted by Gasteiger charge is -2.37. The van der Waals surface area contributed by atoms with E-state index in [9.17, 15) is 4.79 Å². The van der Waals surface area contributed by atoms with Crippen molar-refractivity contribution in [3.05, 3.63) is 5.69 Å². The van der Waals surface area contributed by atoms with Crippen LogP contribution in [0.4, 0.5) is 17.5 Å². The lowest BCUT2D eigenvalue weighted by atomic mass is 9.88. The highest BCUT2D eigenvalue weighted by Crippen LogP contribution is 2.34. The van der Waals surface area contributed by atoms with E-state index >= 15 is 0 Å². The summed E-state index contributed by atoms with van der Waals surface area (Å²) in [5.74, 6) is 1.59. The maximum Gasteiger partial charge on any atom is 0.247 e. The minimum Gasteiger partial charge on any atom is -0.351 e. The Bertz CT molecular complexity index is 606. The van der Waals surface area contributed by atoms with Crippen molar-refractivity contribution in [1.29, 1.82) is 0 Å². The number of nitrogens with zero attached hydrogens (tertiary/aromatic N) is 3. The second-order valence-electron chi connectivity index (χ2n) is 6.69. The van der Waals surface area contributed by atoms with Crippen molar-refractivity contribution in [3.8, 4) is 0 Å². The zero-order valence-electron chi connectivity index (χ0n) is 14.4. The second kappa shape index (κ2) is 7.72. The number of hydrogen-bond donors (Lipinski definition) is 3. The number of aryl methyl sites for hydroxylation is 1. The molecule has 136 valence electrons. The Morgan fingerprint density at radius 1 is 1.29 bits per heavy atom. The van der Waals surface area contributed by atoms with E-state index < -0.39 is 0 Å². The van der Waals surface area contributed by atoms with Crippen molar-refractivity contribution in [2.45, 2.75) is 51.7 Å². The Morgan fingerprint density at radius 3 is 2.46 bits per heavy atom. The van der Waals surface area contributed by atoms with Crippen LogP contribution in [0.1, 0.15) is 32.4 Å². The number of nitrogens with one attached hydrogen (secondary N) is 2. The standard InChI is InChI=1S/C15H24N6O.2ClH/c1-7(2)12-14(22)19-11-8(3)17-15(20-13(11)21(12)4)18-10-5-9(16)6-10;;/h7,9-10,12H,5-6,16H2,1-4H3,(H,19,22)(H,17,18,20);2*1H/t9-,10+,12?;;. The van der Waals surface area contributed by atoms with Gasteiger partial charge in [-0.05, 0) is 25.7 Å². The number of likely N-dealkylation sites (N-methyl/N-ethyl adjacent to an activating group) is 1. The highest BCUT2D eigenvalue weighted by molar-refractivity contribution is 6.03. The van der Waals surface area contributed by atoms with E-state index in [1.54, 1.807) is 0 Å². The second-order valence-corrected chi connectivity index (χ2v) is 6.69. The summed E-state index contributed by atoms with van der Waals surface area (Å²) in [7, 11) is 1.91. The van der Waals surface area contributed by atoms with Crippen LogP contribution in [0.2, 0.25) is 0 Å². The number of hydrogen-bond acceptors (Lipinski definition) is 6. The summed E-state index contributed by atoms with van der Waals surface area (Å²) in [5, 5.41) is 6.29. The van der Waals surface area contributed by atoms with Gasteiger partial charge < -0.3 is 21.3 Å². The lowest BCUT2D eigenvalue weighted by Crippen LogP contribution is -2.50. The van der Waals surface area contributed by atoms with Crippen molar-refractivity contribution < 1.29 is 4.79 Å². The number of anilines is 3. The van der Waals surface area contributed by atoms with Crippen LogP contribution in [0.5, 0.6) is 0 Å². The number of rotatable bonds is 3. The Kier molecular flexibility index (Phi) is 6.67. The maximum absolute atomic E-state index is 12.3. The molecular weight excluding hydrogens is 351 g/mol. The smallest absolute Gasteiger partial charge is 0.247 e. The van der Waals surface area contributed by atoms with Crippen molar-refractivity contribution in [2.24, 2.45) is 11.7 Å². The van der Waals surface area contributed by atoms with Crippen LogP contribution in [0, 0.1) is 12.8 Å². The maximum atomic E-state index is 12.3. The molecule has 1 amide bonds. The van der Waals surface area contributed by atoms with Crippen LogP contribution in [0.3, 0.4) is 0 Å².